The van der Waals surface area contributed by atoms with Gasteiger partial charge in [-0.2, -0.15) is 0 Å². The van der Waals surface area contributed by atoms with E-state index in [0.717, 1.165) is 11.1 Å². The number of fused-ring (bicyclic) bond motifs is 1. The predicted octanol–water partition coefficient (Wildman–Crippen LogP) is 3.83. The van der Waals surface area contributed by atoms with E-state index in [-0.39, 0.29) is 11.8 Å². The van der Waals surface area contributed by atoms with E-state index in [2.05, 4.69) is 5.32 Å². The molecule has 0 saturated heterocycles. The number of rotatable bonds is 3. The number of anilines is 2. The minimum atomic E-state index is -1.03. The Morgan fingerprint density at radius 2 is 1.69 bits per heavy atom. The SMILES string of the molecule is Cc1ccc(NC(=O)C(C)N2C(=O)C(C)(C)Oc3ccc(C)cc32)cc1. The summed E-state index contributed by atoms with van der Waals surface area (Å²) in [7, 11) is 0. The first-order chi connectivity index (χ1) is 12.2. The van der Waals surface area contributed by atoms with Gasteiger partial charge < -0.3 is 10.1 Å². The van der Waals surface area contributed by atoms with E-state index in [1.807, 2.05) is 56.3 Å². The second-order valence-corrected chi connectivity index (χ2v) is 7.29. The van der Waals surface area contributed by atoms with E-state index in [1.165, 1.54) is 4.90 Å². The summed E-state index contributed by atoms with van der Waals surface area (Å²) in [5, 5.41) is 2.89. The third kappa shape index (κ3) is 3.29. The molecule has 2 aromatic carbocycles. The van der Waals surface area contributed by atoms with E-state index in [9.17, 15) is 9.59 Å². The highest BCUT2D eigenvalue weighted by Gasteiger charge is 2.44. The number of benzene rings is 2. The molecule has 0 radical (unpaired) electrons. The van der Waals surface area contributed by atoms with E-state index < -0.39 is 11.6 Å². The molecule has 1 unspecified atom stereocenters. The molecule has 1 N–H and O–H groups in total. The van der Waals surface area contributed by atoms with Gasteiger partial charge in [0.2, 0.25) is 5.91 Å². The van der Waals surface area contributed by atoms with Crippen LogP contribution in [-0.4, -0.2) is 23.5 Å². The van der Waals surface area contributed by atoms with Crippen LogP contribution in [0.1, 0.15) is 31.9 Å². The maximum Gasteiger partial charge on any atom is 0.271 e. The number of amides is 2. The van der Waals surface area contributed by atoms with Gasteiger partial charge in [-0.1, -0.05) is 23.8 Å². The van der Waals surface area contributed by atoms with Crippen LogP contribution < -0.4 is 15.0 Å². The third-order valence-electron chi connectivity index (χ3n) is 4.56. The zero-order valence-electron chi connectivity index (χ0n) is 15.8. The smallest absolute Gasteiger partial charge is 0.271 e. The van der Waals surface area contributed by atoms with Crippen molar-refractivity contribution < 1.29 is 14.3 Å². The lowest BCUT2D eigenvalue weighted by atomic mass is 10.0. The van der Waals surface area contributed by atoms with Crippen molar-refractivity contribution in [2.45, 2.75) is 46.3 Å². The van der Waals surface area contributed by atoms with Gasteiger partial charge in [0, 0.05) is 5.69 Å². The predicted molar refractivity (Wildman–Crippen MR) is 103 cm³/mol. The summed E-state index contributed by atoms with van der Waals surface area (Å²) in [5.41, 5.74) is 2.42. The van der Waals surface area contributed by atoms with Gasteiger partial charge in [-0.05, 0) is 64.4 Å². The Labute approximate surface area is 154 Å². The maximum absolute atomic E-state index is 13.0. The topological polar surface area (TPSA) is 58.6 Å². The number of carbonyl (C=O) groups is 2. The van der Waals surface area contributed by atoms with Crippen molar-refractivity contribution in [1.29, 1.82) is 0 Å². The molecule has 1 atom stereocenters. The largest absolute Gasteiger partial charge is 0.476 e. The summed E-state index contributed by atoms with van der Waals surface area (Å²) >= 11 is 0. The molecule has 26 heavy (non-hydrogen) atoms. The number of ether oxygens (including phenoxy) is 1. The Morgan fingerprint density at radius 1 is 1.08 bits per heavy atom. The monoisotopic (exact) mass is 352 g/mol. The molecule has 2 aromatic rings. The van der Waals surface area contributed by atoms with Crippen LogP contribution in [0.15, 0.2) is 42.5 Å². The van der Waals surface area contributed by atoms with Crippen molar-refractivity contribution in [3.05, 3.63) is 53.6 Å². The molecular formula is C21H24N2O3. The van der Waals surface area contributed by atoms with Crippen LogP contribution in [-0.2, 0) is 9.59 Å². The van der Waals surface area contributed by atoms with Gasteiger partial charge >= 0.3 is 0 Å². The van der Waals surface area contributed by atoms with Gasteiger partial charge in [-0.3, -0.25) is 14.5 Å². The van der Waals surface area contributed by atoms with Crippen LogP contribution in [0, 0.1) is 13.8 Å². The summed E-state index contributed by atoms with van der Waals surface area (Å²) in [6.45, 7) is 9.10. The highest BCUT2D eigenvalue weighted by molar-refractivity contribution is 6.09. The molecule has 0 aliphatic carbocycles. The Hall–Kier alpha value is -2.82. The number of nitrogens with zero attached hydrogens (tertiary/aromatic N) is 1. The van der Waals surface area contributed by atoms with Crippen LogP contribution in [0.5, 0.6) is 5.75 Å². The Bertz CT molecular complexity index is 856. The summed E-state index contributed by atoms with van der Waals surface area (Å²) in [6.07, 6.45) is 0. The van der Waals surface area contributed by atoms with Crippen LogP contribution in [0.25, 0.3) is 0 Å². The minimum Gasteiger partial charge on any atom is -0.476 e. The van der Waals surface area contributed by atoms with Crippen molar-refractivity contribution in [3.63, 3.8) is 0 Å². The lowest BCUT2D eigenvalue weighted by molar-refractivity contribution is -0.134. The van der Waals surface area contributed by atoms with Crippen molar-refractivity contribution >= 4 is 23.2 Å². The fourth-order valence-electron chi connectivity index (χ4n) is 3.01. The molecule has 3 rings (SSSR count). The van der Waals surface area contributed by atoms with Gasteiger partial charge in [-0.15, -0.1) is 0 Å². The van der Waals surface area contributed by atoms with Crippen LogP contribution >= 0.6 is 0 Å². The molecule has 5 nitrogen and oxygen atoms in total. The number of nitrogens with one attached hydrogen (secondary N) is 1. The molecular weight excluding hydrogens is 328 g/mol. The quantitative estimate of drug-likeness (QED) is 0.913. The zero-order chi connectivity index (χ0) is 19.1. The number of carbonyl (C=O) groups excluding carboxylic acids is 2. The van der Waals surface area contributed by atoms with E-state index in [1.54, 1.807) is 20.8 Å². The molecule has 0 fully saturated rings. The molecule has 1 aliphatic heterocycles. The van der Waals surface area contributed by atoms with Crippen molar-refractivity contribution in [1.82, 2.24) is 0 Å². The average Bonchev–Trinajstić information content (AvgIpc) is 2.58. The van der Waals surface area contributed by atoms with Crippen LogP contribution in [0.2, 0.25) is 0 Å². The Morgan fingerprint density at radius 3 is 2.35 bits per heavy atom. The molecule has 2 amide bonds. The second kappa shape index (κ2) is 6.48. The summed E-state index contributed by atoms with van der Waals surface area (Å²) < 4.78 is 5.86. The molecule has 5 heteroatoms. The Balaban J connectivity index is 1.93. The zero-order valence-corrected chi connectivity index (χ0v) is 15.8. The molecule has 1 heterocycles. The fourth-order valence-corrected chi connectivity index (χ4v) is 3.01. The first-order valence-electron chi connectivity index (χ1n) is 8.70. The van der Waals surface area contributed by atoms with E-state index >= 15 is 0 Å². The Kier molecular flexibility index (Phi) is 4.48. The molecule has 0 saturated carbocycles. The maximum atomic E-state index is 13.0. The van der Waals surface area contributed by atoms with Crippen molar-refractivity contribution in [2.75, 3.05) is 10.2 Å². The first-order valence-corrected chi connectivity index (χ1v) is 8.70. The number of hydrogen-bond acceptors (Lipinski definition) is 3. The summed E-state index contributed by atoms with van der Waals surface area (Å²) in [5.74, 6) is 0.129. The minimum absolute atomic E-state index is 0.234. The average molecular weight is 352 g/mol. The fraction of sp³-hybridized carbons (Fsp3) is 0.333. The summed E-state index contributed by atoms with van der Waals surface area (Å²) in [6, 6.07) is 12.5. The number of hydrogen-bond donors (Lipinski definition) is 1. The highest BCUT2D eigenvalue weighted by Crippen LogP contribution is 2.39. The van der Waals surface area contributed by atoms with Crippen LogP contribution in [0.4, 0.5) is 11.4 Å². The molecule has 0 bridgehead atoms. The standard InChI is InChI=1S/C21H24N2O3/c1-13-6-9-16(10-7-13)22-19(24)15(3)23-17-12-14(2)8-11-18(17)26-21(4,5)20(23)25/h6-12,15H,1-5H3,(H,22,24). The van der Waals surface area contributed by atoms with Crippen molar-refractivity contribution in [3.8, 4) is 5.75 Å². The normalized spacial score (nSPS) is 16.5. The van der Waals surface area contributed by atoms with E-state index in [0.29, 0.717) is 17.1 Å². The molecule has 0 aromatic heterocycles. The molecule has 0 spiro atoms. The second-order valence-electron chi connectivity index (χ2n) is 7.29. The van der Waals surface area contributed by atoms with E-state index in [4.69, 9.17) is 4.74 Å². The van der Waals surface area contributed by atoms with Gasteiger partial charge in [0.15, 0.2) is 5.60 Å². The highest BCUT2D eigenvalue weighted by atomic mass is 16.5. The lowest BCUT2D eigenvalue weighted by Crippen LogP contribution is -2.57. The third-order valence-corrected chi connectivity index (χ3v) is 4.56. The van der Waals surface area contributed by atoms with Gasteiger partial charge in [0.05, 0.1) is 5.69 Å². The lowest BCUT2D eigenvalue weighted by Gasteiger charge is -2.41. The molecule has 136 valence electrons. The van der Waals surface area contributed by atoms with Gasteiger partial charge in [0.1, 0.15) is 11.8 Å². The van der Waals surface area contributed by atoms with Gasteiger partial charge in [-0.25, -0.2) is 0 Å². The first kappa shape index (κ1) is 18.0. The summed E-state index contributed by atoms with van der Waals surface area (Å²) in [4.78, 5) is 27.3. The van der Waals surface area contributed by atoms with Gasteiger partial charge in [0.25, 0.3) is 5.91 Å². The van der Waals surface area contributed by atoms with Crippen molar-refractivity contribution in [2.24, 2.45) is 0 Å². The van der Waals surface area contributed by atoms with Crippen LogP contribution in [0.3, 0.4) is 0 Å². The molecule has 1 aliphatic rings. The number of aryl methyl sites for hydroxylation is 2.